The van der Waals surface area contributed by atoms with Crippen LogP contribution >= 0.6 is 0 Å². The maximum absolute atomic E-state index is 14.0. The molecular formula is C23H20F5N5O2. The minimum absolute atomic E-state index is 0.00358. The van der Waals surface area contributed by atoms with Crippen LogP contribution < -0.4 is 10.6 Å². The molecule has 12 heteroatoms. The number of rotatable bonds is 9. The largest absolute Gasteiger partial charge is 0.417 e. The van der Waals surface area contributed by atoms with E-state index in [1.807, 2.05) is 0 Å². The normalized spacial score (nSPS) is 11.3. The monoisotopic (exact) mass is 493 g/mol. The van der Waals surface area contributed by atoms with Crippen LogP contribution in [0.3, 0.4) is 0 Å². The zero-order valence-corrected chi connectivity index (χ0v) is 18.4. The van der Waals surface area contributed by atoms with E-state index in [4.69, 9.17) is 0 Å². The van der Waals surface area contributed by atoms with Crippen molar-refractivity contribution in [3.05, 3.63) is 71.2 Å². The summed E-state index contributed by atoms with van der Waals surface area (Å²) in [5, 5.41) is 5.34. The molecular weight excluding hydrogens is 473 g/mol. The van der Waals surface area contributed by atoms with Crippen molar-refractivity contribution in [1.82, 2.24) is 20.3 Å². The number of pyridine rings is 1. The van der Waals surface area contributed by atoms with E-state index in [0.717, 1.165) is 18.3 Å². The Morgan fingerprint density at radius 2 is 1.80 bits per heavy atom. The molecule has 0 saturated heterocycles. The molecule has 2 aromatic heterocycles. The van der Waals surface area contributed by atoms with Crippen molar-refractivity contribution in [2.24, 2.45) is 0 Å². The molecule has 35 heavy (non-hydrogen) atoms. The number of hydrogen-bond donors (Lipinski definition) is 2. The Balaban J connectivity index is 1.91. The van der Waals surface area contributed by atoms with Gasteiger partial charge in [0.1, 0.15) is 23.1 Å². The molecule has 7 nitrogen and oxygen atoms in total. The number of nitrogens with zero attached hydrogens (tertiary/aromatic N) is 3. The number of ketones is 1. The number of aromatic nitrogens is 3. The van der Waals surface area contributed by atoms with Crippen LogP contribution in [0.5, 0.6) is 0 Å². The lowest BCUT2D eigenvalue weighted by Crippen LogP contribution is -2.21. The van der Waals surface area contributed by atoms with Crippen molar-refractivity contribution < 1.29 is 31.5 Å². The highest BCUT2D eigenvalue weighted by Gasteiger charge is 2.31. The number of halogens is 5. The number of anilines is 1. The summed E-state index contributed by atoms with van der Waals surface area (Å²) in [5.41, 5.74) is -1.08. The number of carbonyl (C=O) groups excluding carboxylic acids is 2. The van der Waals surface area contributed by atoms with Crippen LogP contribution in [-0.2, 0) is 17.5 Å². The molecule has 0 aliphatic heterocycles. The lowest BCUT2D eigenvalue weighted by Gasteiger charge is -2.12. The summed E-state index contributed by atoms with van der Waals surface area (Å²) in [6, 6.07) is 5.10. The van der Waals surface area contributed by atoms with E-state index in [-0.39, 0.29) is 53.9 Å². The summed E-state index contributed by atoms with van der Waals surface area (Å²) in [5.74, 6) is -2.39. The predicted octanol–water partition coefficient (Wildman–Crippen LogP) is 4.55. The summed E-state index contributed by atoms with van der Waals surface area (Å²) in [6.07, 6.45) is -2.56. The average Bonchev–Trinajstić information content (AvgIpc) is 2.80. The first kappa shape index (κ1) is 25.7. The zero-order valence-electron chi connectivity index (χ0n) is 18.4. The van der Waals surface area contributed by atoms with Gasteiger partial charge in [-0.1, -0.05) is 6.07 Å². The quantitative estimate of drug-likeness (QED) is 0.258. The van der Waals surface area contributed by atoms with Crippen LogP contribution in [0.4, 0.5) is 27.8 Å². The molecule has 3 aromatic rings. The smallest absolute Gasteiger partial charge is 0.366 e. The number of Topliss-reactive ketones (excluding diaryl/α,β-unsaturated/α-hetero) is 1. The third kappa shape index (κ3) is 7.26. The minimum Gasteiger partial charge on any atom is -0.366 e. The molecule has 2 N–H and O–H groups in total. The Hall–Kier alpha value is -3.96. The fraction of sp³-hybridized carbons (Fsp3) is 0.261. The van der Waals surface area contributed by atoms with E-state index in [9.17, 15) is 31.5 Å². The molecule has 1 aromatic carbocycles. The van der Waals surface area contributed by atoms with E-state index in [2.05, 4.69) is 25.6 Å². The number of benzene rings is 1. The van der Waals surface area contributed by atoms with Gasteiger partial charge >= 0.3 is 6.18 Å². The van der Waals surface area contributed by atoms with Crippen molar-refractivity contribution in [3.63, 3.8) is 0 Å². The summed E-state index contributed by atoms with van der Waals surface area (Å²) in [4.78, 5) is 35.5. The number of nitrogens with one attached hydrogen (secondary N) is 2. The first-order valence-electron chi connectivity index (χ1n) is 10.4. The number of alkyl halides is 3. The van der Waals surface area contributed by atoms with E-state index in [0.29, 0.717) is 18.7 Å². The Morgan fingerprint density at radius 1 is 1.03 bits per heavy atom. The van der Waals surface area contributed by atoms with Gasteiger partial charge in [-0.3, -0.25) is 14.6 Å². The maximum Gasteiger partial charge on any atom is 0.417 e. The van der Waals surface area contributed by atoms with Crippen molar-refractivity contribution in [2.75, 3.05) is 11.9 Å². The van der Waals surface area contributed by atoms with Gasteiger partial charge < -0.3 is 10.6 Å². The third-order valence-electron chi connectivity index (χ3n) is 4.77. The van der Waals surface area contributed by atoms with Crippen molar-refractivity contribution >= 4 is 17.5 Å². The van der Waals surface area contributed by atoms with Gasteiger partial charge in [0, 0.05) is 62.1 Å². The third-order valence-corrected chi connectivity index (χ3v) is 4.77. The summed E-state index contributed by atoms with van der Waals surface area (Å²) >= 11 is 0. The maximum atomic E-state index is 14.0. The molecule has 0 spiro atoms. The van der Waals surface area contributed by atoms with E-state index >= 15 is 0 Å². The lowest BCUT2D eigenvalue weighted by molar-refractivity contribution is -0.137. The SMILES string of the molecule is CC(=O)NCCCC(=O)c1cc(NCc2ccc(F)cc2F)nc(-c2cncc(C(F)(F)F)c2)n1. The number of amides is 1. The molecule has 2 heterocycles. The number of hydrogen-bond acceptors (Lipinski definition) is 6. The topological polar surface area (TPSA) is 96.9 Å². The van der Waals surface area contributed by atoms with Crippen LogP contribution in [0.25, 0.3) is 11.4 Å². The molecule has 0 fully saturated rings. The number of carbonyl (C=O) groups is 2. The molecule has 0 unspecified atom stereocenters. The first-order chi connectivity index (χ1) is 16.5. The van der Waals surface area contributed by atoms with Gasteiger partial charge in [-0.05, 0) is 18.6 Å². The average molecular weight is 493 g/mol. The van der Waals surface area contributed by atoms with Gasteiger partial charge in [0.2, 0.25) is 5.91 Å². The molecule has 1 amide bonds. The summed E-state index contributed by atoms with van der Waals surface area (Å²) in [7, 11) is 0. The molecule has 0 saturated carbocycles. The Bertz CT molecular complexity index is 1230. The fourth-order valence-corrected chi connectivity index (χ4v) is 3.02. The highest BCUT2D eigenvalue weighted by molar-refractivity contribution is 5.95. The van der Waals surface area contributed by atoms with Crippen LogP contribution in [0.2, 0.25) is 0 Å². The van der Waals surface area contributed by atoms with Gasteiger partial charge in [-0.15, -0.1) is 0 Å². The van der Waals surface area contributed by atoms with E-state index in [1.165, 1.54) is 19.1 Å². The van der Waals surface area contributed by atoms with Gasteiger partial charge in [0.25, 0.3) is 0 Å². The zero-order chi connectivity index (χ0) is 25.6. The van der Waals surface area contributed by atoms with Crippen LogP contribution in [0, 0.1) is 11.6 Å². The minimum atomic E-state index is -4.65. The summed E-state index contributed by atoms with van der Waals surface area (Å²) in [6.45, 7) is 1.45. The standard InChI is InChI=1S/C23H20F5N5O2/c1-13(34)30-6-2-3-20(35)19-9-21(31-11-14-4-5-17(24)8-18(14)25)33-22(32-19)15-7-16(12-29-10-15)23(26,27)28/h4-5,7-10,12H,2-3,6,11H2,1H3,(H,30,34)(H,31,32,33). The van der Waals surface area contributed by atoms with Crippen LogP contribution in [-0.4, -0.2) is 33.2 Å². The van der Waals surface area contributed by atoms with Gasteiger partial charge in [-0.25, -0.2) is 18.7 Å². The van der Waals surface area contributed by atoms with E-state index < -0.39 is 29.2 Å². The Labute approximate surface area is 196 Å². The predicted molar refractivity (Wildman–Crippen MR) is 116 cm³/mol. The molecule has 3 rings (SSSR count). The van der Waals surface area contributed by atoms with Crippen molar-refractivity contribution in [3.8, 4) is 11.4 Å². The molecule has 0 aliphatic rings. The summed E-state index contributed by atoms with van der Waals surface area (Å²) < 4.78 is 66.5. The van der Waals surface area contributed by atoms with Crippen LogP contribution in [0.15, 0.2) is 42.7 Å². The highest BCUT2D eigenvalue weighted by atomic mass is 19.4. The molecule has 0 bridgehead atoms. The lowest BCUT2D eigenvalue weighted by atomic mass is 10.1. The van der Waals surface area contributed by atoms with Crippen molar-refractivity contribution in [1.29, 1.82) is 0 Å². The second kappa shape index (κ2) is 11.0. The second-order valence-electron chi connectivity index (χ2n) is 7.52. The second-order valence-corrected chi connectivity index (χ2v) is 7.52. The van der Waals surface area contributed by atoms with Gasteiger partial charge in [-0.2, -0.15) is 13.2 Å². The van der Waals surface area contributed by atoms with Crippen molar-refractivity contribution in [2.45, 2.75) is 32.5 Å². The fourth-order valence-electron chi connectivity index (χ4n) is 3.02. The highest BCUT2D eigenvalue weighted by Crippen LogP contribution is 2.31. The van der Waals surface area contributed by atoms with Gasteiger partial charge in [0.15, 0.2) is 11.6 Å². The molecule has 0 atom stereocenters. The first-order valence-corrected chi connectivity index (χ1v) is 10.4. The Kier molecular flexibility index (Phi) is 8.05. The van der Waals surface area contributed by atoms with Crippen LogP contribution in [0.1, 0.15) is 41.4 Å². The molecule has 0 radical (unpaired) electrons. The van der Waals surface area contributed by atoms with E-state index in [1.54, 1.807) is 0 Å². The molecule has 0 aliphatic carbocycles. The van der Waals surface area contributed by atoms with Gasteiger partial charge in [0.05, 0.1) is 5.56 Å². The Morgan fingerprint density at radius 3 is 2.49 bits per heavy atom. The molecule has 184 valence electrons.